The normalized spacial score (nSPS) is 10.6. The highest BCUT2D eigenvalue weighted by atomic mass is 127. The Hall–Kier alpha value is -0.570. The van der Waals surface area contributed by atoms with Crippen molar-refractivity contribution in [1.29, 1.82) is 0 Å². The average Bonchev–Trinajstić information content (AvgIpc) is 2.37. The van der Waals surface area contributed by atoms with Gasteiger partial charge in [0.1, 0.15) is 0 Å². The molecule has 0 amide bonds. The second-order valence-corrected chi connectivity index (χ2v) is 3.68. The van der Waals surface area contributed by atoms with Crippen LogP contribution in [0.1, 0.15) is 26.2 Å². The number of rotatable bonds is 9. The molecule has 2 N–H and O–H groups in total. The number of esters is 1. The molecule has 6 nitrogen and oxygen atoms in total. The summed E-state index contributed by atoms with van der Waals surface area (Å²) in [5.74, 6) is 0.595. The van der Waals surface area contributed by atoms with Crippen molar-refractivity contribution < 1.29 is 14.3 Å². The Labute approximate surface area is 132 Å². The highest BCUT2D eigenvalue weighted by molar-refractivity contribution is 14.0. The number of guanidine groups is 1. The van der Waals surface area contributed by atoms with E-state index in [0.29, 0.717) is 19.6 Å². The first-order chi connectivity index (χ1) is 8.74. The minimum atomic E-state index is -0.151. The van der Waals surface area contributed by atoms with Crippen LogP contribution in [-0.4, -0.2) is 52.4 Å². The molecule has 0 atom stereocenters. The molecule has 0 fully saturated rings. The molecule has 0 radical (unpaired) electrons. The van der Waals surface area contributed by atoms with Crippen LogP contribution in [0.3, 0.4) is 0 Å². The molecule has 0 aromatic rings. The van der Waals surface area contributed by atoms with Gasteiger partial charge in [0.15, 0.2) is 5.96 Å². The molecule has 0 rings (SSSR count). The molecule has 0 heterocycles. The van der Waals surface area contributed by atoms with Crippen LogP contribution >= 0.6 is 24.0 Å². The maximum atomic E-state index is 11.1. The lowest BCUT2D eigenvalue weighted by molar-refractivity contribution is -0.143. The first-order valence-corrected chi connectivity index (χ1v) is 6.33. The summed E-state index contributed by atoms with van der Waals surface area (Å²) in [6.07, 6.45) is 2.10. The number of aliphatic imine (C=N–C) groups is 1. The summed E-state index contributed by atoms with van der Waals surface area (Å²) in [4.78, 5) is 15.2. The number of nitrogens with zero attached hydrogens (tertiary/aromatic N) is 1. The van der Waals surface area contributed by atoms with Crippen LogP contribution in [0.25, 0.3) is 0 Å². The van der Waals surface area contributed by atoms with E-state index in [-0.39, 0.29) is 29.9 Å². The minimum absolute atomic E-state index is 0. The van der Waals surface area contributed by atoms with E-state index in [2.05, 4.69) is 15.6 Å². The van der Waals surface area contributed by atoms with Crippen LogP contribution in [0, 0.1) is 0 Å². The van der Waals surface area contributed by atoms with Gasteiger partial charge in [0.05, 0.1) is 6.61 Å². The van der Waals surface area contributed by atoms with Crippen molar-refractivity contribution in [1.82, 2.24) is 10.6 Å². The number of halogens is 1. The quantitative estimate of drug-likeness (QED) is 0.204. The fourth-order valence-electron chi connectivity index (χ4n) is 1.32. The Morgan fingerprint density at radius 3 is 2.37 bits per heavy atom. The highest BCUT2D eigenvalue weighted by Gasteiger charge is 2.01. The van der Waals surface area contributed by atoms with Crippen molar-refractivity contribution in [3.8, 4) is 0 Å². The Bertz CT molecular complexity index is 250. The molecular formula is C12H26IN3O3. The summed E-state index contributed by atoms with van der Waals surface area (Å²) < 4.78 is 9.79. The summed E-state index contributed by atoms with van der Waals surface area (Å²) in [5.41, 5.74) is 0. The molecule has 19 heavy (non-hydrogen) atoms. The molecule has 0 aliphatic carbocycles. The third kappa shape index (κ3) is 13.7. The molecule has 0 saturated carbocycles. The molecule has 0 spiro atoms. The maximum Gasteiger partial charge on any atom is 0.305 e. The molecule has 0 saturated heterocycles. The fraction of sp³-hybridized carbons (Fsp3) is 0.833. The largest absolute Gasteiger partial charge is 0.466 e. The zero-order valence-corrected chi connectivity index (χ0v) is 14.4. The number of hydrogen-bond donors (Lipinski definition) is 2. The smallest absolute Gasteiger partial charge is 0.305 e. The molecule has 7 heteroatoms. The van der Waals surface area contributed by atoms with Gasteiger partial charge in [0, 0.05) is 40.3 Å². The van der Waals surface area contributed by atoms with Gasteiger partial charge in [-0.2, -0.15) is 0 Å². The van der Waals surface area contributed by atoms with Crippen LogP contribution in [0.2, 0.25) is 0 Å². The number of ether oxygens (including phenoxy) is 2. The third-order valence-electron chi connectivity index (χ3n) is 2.20. The predicted octanol–water partition coefficient (Wildman–Crippen LogP) is 1.15. The van der Waals surface area contributed by atoms with Crippen LogP contribution < -0.4 is 10.6 Å². The van der Waals surface area contributed by atoms with E-state index >= 15 is 0 Å². The number of carbonyl (C=O) groups is 1. The van der Waals surface area contributed by atoms with Gasteiger partial charge in [-0.05, 0) is 19.8 Å². The van der Waals surface area contributed by atoms with E-state index in [0.717, 1.165) is 32.0 Å². The topological polar surface area (TPSA) is 72.0 Å². The summed E-state index contributed by atoms with van der Waals surface area (Å²) in [6, 6.07) is 0. The lowest BCUT2D eigenvalue weighted by atomic mass is 10.3. The monoisotopic (exact) mass is 387 g/mol. The summed E-state index contributed by atoms with van der Waals surface area (Å²) in [7, 11) is 3.40. The molecule has 0 bridgehead atoms. The van der Waals surface area contributed by atoms with E-state index in [1.165, 1.54) is 0 Å². The Balaban J connectivity index is 0. The van der Waals surface area contributed by atoms with Gasteiger partial charge < -0.3 is 20.1 Å². The average molecular weight is 387 g/mol. The van der Waals surface area contributed by atoms with Crippen LogP contribution in [0.5, 0.6) is 0 Å². The molecule has 0 aromatic carbocycles. The van der Waals surface area contributed by atoms with Crippen molar-refractivity contribution in [3.05, 3.63) is 0 Å². The van der Waals surface area contributed by atoms with Gasteiger partial charge in [-0.25, -0.2) is 0 Å². The van der Waals surface area contributed by atoms with E-state index in [1.54, 1.807) is 14.2 Å². The third-order valence-corrected chi connectivity index (χ3v) is 2.20. The van der Waals surface area contributed by atoms with Crippen molar-refractivity contribution in [3.63, 3.8) is 0 Å². The van der Waals surface area contributed by atoms with Crippen LogP contribution in [0.4, 0.5) is 0 Å². The minimum Gasteiger partial charge on any atom is -0.466 e. The number of carbonyl (C=O) groups excluding carboxylic acids is 1. The van der Waals surface area contributed by atoms with Crippen molar-refractivity contribution >= 4 is 35.9 Å². The standard InChI is InChI=1S/C12H25N3O3.HI/c1-4-18-11(16)7-5-8-14-12(13-2)15-9-6-10-17-3;/h4-10H2,1-3H3,(H2,13,14,15);1H. The highest BCUT2D eigenvalue weighted by Crippen LogP contribution is 1.91. The summed E-state index contributed by atoms with van der Waals surface area (Å²) >= 11 is 0. The summed E-state index contributed by atoms with van der Waals surface area (Å²) in [6.45, 7) is 4.48. The maximum absolute atomic E-state index is 11.1. The van der Waals surface area contributed by atoms with E-state index < -0.39 is 0 Å². The van der Waals surface area contributed by atoms with E-state index in [9.17, 15) is 4.79 Å². The predicted molar refractivity (Wildman–Crippen MR) is 87.1 cm³/mol. The second-order valence-electron chi connectivity index (χ2n) is 3.68. The lowest BCUT2D eigenvalue weighted by Crippen LogP contribution is -2.38. The number of hydrogen-bond acceptors (Lipinski definition) is 4. The first-order valence-electron chi connectivity index (χ1n) is 6.33. The van der Waals surface area contributed by atoms with Gasteiger partial charge in [-0.15, -0.1) is 24.0 Å². The first kappa shape index (κ1) is 20.7. The second kappa shape index (κ2) is 15.5. The zero-order chi connectivity index (χ0) is 13.6. The number of nitrogens with one attached hydrogen (secondary N) is 2. The summed E-state index contributed by atoms with van der Waals surface area (Å²) in [5, 5.41) is 6.29. The van der Waals surface area contributed by atoms with Gasteiger partial charge in [-0.3, -0.25) is 9.79 Å². The van der Waals surface area contributed by atoms with Crippen molar-refractivity contribution in [2.75, 3.05) is 40.5 Å². The lowest BCUT2D eigenvalue weighted by Gasteiger charge is -2.11. The molecular weight excluding hydrogens is 361 g/mol. The van der Waals surface area contributed by atoms with Gasteiger partial charge in [-0.1, -0.05) is 0 Å². The Morgan fingerprint density at radius 1 is 1.21 bits per heavy atom. The van der Waals surface area contributed by atoms with Crippen molar-refractivity contribution in [2.45, 2.75) is 26.2 Å². The van der Waals surface area contributed by atoms with Crippen LogP contribution in [-0.2, 0) is 14.3 Å². The molecule has 0 aliphatic rings. The molecule has 114 valence electrons. The van der Waals surface area contributed by atoms with Gasteiger partial charge in [0.25, 0.3) is 0 Å². The Morgan fingerprint density at radius 2 is 1.84 bits per heavy atom. The van der Waals surface area contributed by atoms with Gasteiger partial charge >= 0.3 is 5.97 Å². The molecule has 0 aromatic heterocycles. The fourth-order valence-corrected chi connectivity index (χ4v) is 1.32. The zero-order valence-electron chi connectivity index (χ0n) is 12.0. The number of methoxy groups -OCH3 is 1. The van der Waals surface area contributed by atoms with Gasteiger partial charge in [0.2, 0.25) is 0 Å². The van der Waals surface area contributed by atoms with Crippen molar-refractivity contribution in [2.24, 2.45) is 4.99 Å². The Kier molecular flexibility index (Phi) is 16.9. The van der Waals surface area contributed by atoms with E-state index in [1.807, 2.05) is 6.92 Å². The molecule has 0 unspecified atom stereocenters. The van der Waals surface area contributed by atoms with Crippen LogP contribution in [0.15, 0.2) is 4.99 Å². The molecule has 0 aliphatic heterocycles. The SMILES string of the molecule is CCOC(=O)CCCNC(=NC)NCCCOC.I. The van der Waals surface area contributed by atoms with E-state index in [4.69, 9.17) is 9.47 Å².